The zero-order valence-electron chi connectivity index (χ0n) is 21.0. The predicted octanol–water partition coefficient (Wildman–Crippen LogP) is 4.37. The summed E-state index contributed by atoms with van der Waals surface area (Å²) in [6.07, 6.45) is -0.692. The number of aryl methyl sites for hydroxylation is 2. The van der Waals surface area contributed by atoms with Crippen molar-refractivity contribution in [1.29, 1.82) is 0 Å². The number of anilines is 1. The molecule has 0 aliphatic carbocycles. The van der Waals surface area contributed by atoms with Gasteiger partial charge in [-0.25, -0.2) is 4.79 Å². The number of hydrogen-bond donors (Lipinski definition) is 2. The Bertz CT molecular complexity index is 1010. The van der Waals surface area contributed by atoms with Gasteiger partial charge in [-0.2, -0.15) is 0 Å². The molecule has 0 aliphatic rings. The fraction of sp³-hybridized carbons (Fsp3) is 0.423. The van der Waals surface area contributed by atoms with Crippen molar-refractivity contribution in [2.45, 2.75) is 53.2 Å². The molecule has 0 saturated carbocycles. The second-order valence-corrected chi connectivity index (χ2v) is 9.00. The molecule has 0 aliphatic heterocycles. The van der Waals surface area contributed by atoms with Crippen LogP contribution in [0.3, 0.4) is 0 Å². The van der Waals surface area contributed by atoms with Gasteiger partial charge in [-0.1, -0.05) is 18.2 Å². The minimum absolute atomic E-state index is 0.266. The Hall–Kier alpha value is -3.55. The summed E-state index contributed by atoms with van der Waals surface area (Å²) in [6, 6.07) is 11.7. The van der Waals surface area contributed by atoms with Gasteiger partial charge in [-0.3, -0.25) is 9.59 Å². The van der Waals surface area contributed by atoms with Gasteiger partial charge in [0.2, 0.25) is 5.91 Å². The lowest BCUT2D eigenvalue weighted by atomic mass is 9.99. The molecule has 2 N–H and O–H groups in total. The largest absolute Gasteiger partial charge is 0.497 e. The van der Waals surface area contributed by atoms with Gasteiger partial charge in [0.05, 0.1) is 7.11 Å². The van der Waals surface area contributed by atoms with Crippen LogP contribution in [0, 0.1) is 13.8 Å². The van der Waals surface area contributed by atoms with Crippen molar-refractivity contribution in [3.63, 3.8) is 0 Å². The summed E-state index contributed by atoms with van der Waals surface area (Å²) in [5.74, 6) is -0.0929. The van der Waals surface area contributed by atoms with Gasteiger partial charge in [0.1, 0.15) is 23.9 Å². The van der Waals surface area contributed by atoms with E-state index in [1.165, 1.54) is 4.90 Å². The zero-order valence-corrected chi connectivity index (χ0v) is 21.0. The molecule has 3 amide bonds. The third kappa shape index (κ3) is 7.50. The number of carbonyl (C=O) groups excluding carboxylic acids is 3. The normalized spacial score (nSPS) is 11.9. The lowest BCUT2D eigenvalue weighted by molar-refractivity contribution is -0.138. The van der Waals surface area contributed by atoms with Crippen LogP contribution in [0.1, 0.15) is 50.4 Å². The molecule has 2 rings (SSSR count). The van der Waals surface area contributed by atoms with Crippen LogP contribution < -0.4 is 15.4 Å². The summed E-state index contributed by atoms with van der Waals surface area (Å²) < 4.78 is 10.4. The van der Waals surface area contributed by atoms with E-state index in [0.717, 1.165) is 11.1 Å². The topological polar surface area (TPSA) is 97.0 Å². The number of carbonyl (C=O) groups is 3. The van der Waals surface area contributed by atoms with Crippen molar-refractivity contribution < 1.29 is 23.9 Å². The first-order valence-corrected chi connectivity index (χ1v) is 11.2. The summed E-state index contributed by atoms with van der Waals surface area (Å²) in [6.45, 7) is 10.9. The van der Waals surface area contributed by atoms with E-state index in [0.29, 0.717) is 17.0 Å². The second-order valence-electron chi connectivity index (χ2n) is 9.00. The Labute approximate surface area is 201 Å². The molecule has 1 atom stereocenters. The van der Waals surface area contributed by atoms with E-state index in [-0.39, 0.29) is 19.0 Å². The van der Waals surface area contributed by atoms with Crippen LogP contribution in [0.4, 0.5) is 10.5 Å². The number of benzene rings is 2. The molecule has 2 aromatic rings. The van der Waals surface area contributed by atoms with Crippen LogP contribution in [-0.2, 0) is 14.3 Å². The maximum Gasteiger partial charge on any atom is 0.408 e. The maximum atomic E-state index is 13.4. The van der Waals surface area contributed by atoms with E-state index >= 15 is 0 Å². The molecule has 184 valence electrons. The van der Waals surface area contributed by atoms with Gasteiger partial charge < -0.3 is 25.0 Å². The first kappa shape index (κ1) is 26.7. The van der Waals surface area contributed by atoms with E-state index in [9.17, 15) is 14.4 Å². The predicted molar refractivity (Wildman–Crippen MR) is 132 cm³/mol. The smallest absolute Gasteiger partial charge is 0.408 e. The summed E-state index contributed by atoms with van der Waals surface area (Å²) in [5.41, 5.74) is 2.67. The first-order chi connectivity index (χ1) is 15.9. The van der Waals surface area contributed by atoms with Gasteiger partial charge >= 0.3 is 6.09 Å². The molecule has 2 aromatic carbocycles. The standard InChI is InChI=1S/C26H35N3O5/c1-8-29(22(30)16-27-25(32)34-26(4,5)6)23(19-10-9-17(2)18(3)15-19)24(31)28-20-11-13-21(33-7)14-12-20/h9-15,23H,8,16H2,1-7H3,(H,27,32)(H,28,31). The van der Waals surface area contributed by atoms with Crippen LogP contribution in [-0.4, -0.2) is 48.6 Å². The van der Waals surface area contributed by atoms with Crippen molar-refractivity contribution in [2.75, 3.05) is 25.5 Å². The van der Waals surface area contributed by atoms with Crippen molar-refractivity contribution in [3.8, 4) is 5.75 Å². The van der Waals surface area contributed by atoms with Crippen molar-refractivity contribution in [1.82, 2.24) is 10.2 Å². The molecule has 0 radical (unpaired) electrons. The number of methoxy groups -OCH3 is 1. The third-order valence-electron chi connectivity index (χ3n) is 5.21. The van der Waals surface area contributed by atoms with Crippen LogP contribution in [0.5, 0.6) is 5.75 Å². The Morgan fingerprint density at radius 2 is 1.65 bits per heavy atom. The summed E-state index contributed by atoms with van der Waals surface area (Å²) >= 11 is 0. The molecule has 8 heteroatoms. The Kier molecular flexibility index (Phi) is 9.06. The maximum absolute atomic E-state index is 13.4. The van der Waals surface area contributed by atoms with Gasteiger partial charge in [0.15, 0.2) is 0 Å². The molecule has 0 saturated heterocycles. The lowest BCUT2D eigenvalue weighted by Gasteiger charge is -2.31. The number of ether oxygens (including phenoxy) is 2. The monoisotopic (exact) mass is 469 g/mol. The van der Waals surface area contributed by atoms with Crippen LogP contribution in [0.25, 0.3) is 0 Å². The van der Waals surface area contributed by atoms with E-state index in [1.54, 1.807) is 59.1 Å². The average molecular weight is 470 g/mol. The number of hydrogen-bond acceptors (Lipinski definition) is 5. The van der Waals surface area contributed by atoms with Crippen LogP contribution in [0.15, 0.2) is 42.5 Å². The molecular weight excluding hydrogens is 434 g/mol. The fourth-order valence-corrected chi connectivity index (χ4v) is 3.36. The van der Waals surface area contributed by atoms with Crippen molar-refractivity contribution in [2.24, 2.45) is 0 Å². The molecular formula is C26H35N3O5. The number of amides is 3. The van der Waals surface area contributed by atoms with E-state index < -0.39 is 23.6 Å². The number of nitrogens with one attached hydrogen (secondary N) is 2. The Balaban J connectivity index is 2.30. The SMILES string of the molecule is CCN(C(=O)CNC(=O)OC(C)(C)C)C(C(=O)Nc1ccc(OC)cc1)c1ccc(C)c(C)c1. The summed E-state index contributed by atoms with van der Waals surface area (Å²) in [7, 11) is 1.57. The van der Waals surface area contributed by atoms with E-state index in [1.807, 2.05) is 32.0 Å². The van der Waals surface area contributed by atoms with Crippen molar-refractivity contribution in [3.05, 3.63) is 59.2 Å². The third-order valence-corrected chi connectivity index (χ3v) is 5.21. The molecule has 0 aromatic heterocycles. The first-order valence-electron chi connectivity index (χ1n) is 11.2. The van der Waals surface area contributed by atoms with Crippen LogP contribution in [0.2, 0.25) is 0 Å². The highest BCUT2D eigenvalue weighted by Crippen LogP contribution is 2.26. The van der Waals surface area contributed by atoms with Gasteiger partial charge in [0, 0.05) is 12.2 Å². The average Bonchev–Trinajstić information content (AvgIpc) is 2.77. The van der Waals surface area contributed by atoms with E-state index in [2.05, 4.69) is 10.6 Å². The molecule has 1 unspecified atom stereocenters. The Morgan fingerprint density at radius 1 is 1.00 bits per heavy atom. The number of likely N-dealkylation sites (N-methyl/N-ethyl adjacent to an activating group) is 1. The lowest BCUT2D eigenvalue weighted by Crippen LogP contribution is -2.46. The molecule has 0 bridgehead atoms. The molecule has 34 heavy (non-hydrogen) atoms. The zero-order chi connectivity index (χ0) is 25.5. The molecule has 0 spiro atoms. The highest BCUT2D eigenvalue weighted by Gasteiger charge is 2.31. The molecule has 0 heterocycles. The van der Waals surface area contributed by atoms with E-state index in [4.69, 9.17) is 9.47 Å². The molecule has 8 nitrogen and oxygen atoms in total. The van der Waals surface area contributed by atoms with Crippen molar-refractivity contribution >= 4 is 23.6 Å². The molecule has 0 fully saturated rings. The minimum Gasteiger partial charge on any atom is -0.497 e. The minimum atomic E-state index is -0.890. The number of nitrogens with zero attached hydrogens (tertiary/aromatic N) is 1. The highest BCUT2D eigenvalue weighted by atomic mass is 16.6. The highest BCUT2D eigenvalue weighted by molar-refractivity contribution is 5.98. The number of rotatable bonds is 8. The van der Waals surface area contributed by atoms with Gasteiger partial charge in [0.25, 0.3) is 5.91 Å². The second kappa shape index (κ2) is 11.5. The van der Waals surface area contributed by atoms with Crippen LogP contribution >= 0.6 is 0 Å². The Morgan fingerprint density at radius 3 is 2.18 bits per heavy atom. The summed E-state index contributed by atoms with van der Waals surface area (Å²) in [5, 5.41) is 5.38. The number of alkyl carbamates (subject to hydrolysis) is 1. The summed E-state index contributed by atoms with van der Waals surface area (Å²) in [4.78, 5) is 40.0. The fourth-order valence-electron chi connectivity index (χ4n) is 3.36. The van der Waals surface area contributed by atoms with Gasteiger partial charge in [-0.05, 0) is 82.5 Å². The van der Waals surface area contributed by atoms with Gasteiger partial charge in [-0.15, -0.1) is 0 Å². The quantitative estimate of drug-likeness (QED) is 0.599.